The number of imidazole rings is 1. The highest BCUT2D eigenvalue weighted by Crippen LogP contribution is 2.22. The van der Waals surface area contributed by atoms with E-state index in [1.54, 1.807) is 0 Å². The van der Waals surface area contributed by atoms with Gasteiger partial charge in [0, 0.05) is 19.1 Å². The molecule has 2 aromatic rings. The molecule has 154 valence electrons. The quantitative estimate of drug-likeness (QED) is 0.815. The highest BCUT2D eigenvalue weighted by atomic mass is 16.2. The van der Waals surface area contributed by atoms with Gasteiger partial charge in [-0.25, -0.2) is 4.98 Å². The second-order valence-corrected chi connectivity index (χ2v) is 8.32. The Labute approximate surface area is 172 Å². The standard InChI is InChI=1S/C23H30N4O2/c1-16-10-12-17(13-11-16)15-24-22(28)20-19-9-5-6-14-27(19)21(26-20)23(29)25-18-7-3-2-4-8-18/h10-13,18H,2-9,14-15H2,1H3,(H,24,28)(H,25,29). The summed E-state index contributed by atoms with van der Waals surface area (Å²) >= 11 is 0. The first kappa shape index (κ1) is 19.7. The lowest BCUT2D eigenvalue weighted by Gasteiger charge is -2.23. The van der Waals surface area contributed by atoms with E-state index in [1.165, 1.54) is 12.0 Å². The van der Waals surface area contributed by atoms with Crippen LogP contribution in [0, 0.1) is 6.92 Å². The highest BCUT2D eigenvalue weighted by molar-refractivity contribution is 5.97. The van der Waals surface area contributed by atoms with E-state index in [0.717, 1.165) is 62.7 Å². The first-order valence-electron chi connectivity index (χ1n) is 10.9. The van der Waals surface area contributed by atoms with Gasteiger partial charge in [0.2, 0.25) is 0 Å². The SMILES string of the molecule is Cc1ccc(CNC(=O)c2nc(C(=O)NC3CCCCC3)n3c2CCCC3)cc1. The van der Waals surface area contributed by atoms with Crippen LogP contribution < -0.4 is 10.6 Å². The minimum Gasteiger partial charge on any atom is -0.347 e. The van der Waals surface area contributed by atoms with E-state index in [4.69, 9.17) is 0 Å². The molecule has 1 fully saturated rings. The Balaban J connectivity index is 1.49. The third-order valence-electron chi connectivity index (χ3n) is 6.05. The first-order chi connectivity index (χ1) is 14.1. The highest BCUT2D eigenvalue weighted by Gasteiger charge is 2.28. The molecule has 0 saturated heterocycles. The van der Waals surface area contributed by atoms with E-state index in [1.807, 2.05) is 35.8 Å². The van der Waals surface area contributed by atoms with Gasteiger partial charge in [-0.05, 0) is 44.6 Å². The third kappa shape index (κ3) is 4.52. The van der Waals surface area contributed by atoms with Gasteiger partial charge in [0.05, 0.1) is 5.69 Å². The molecule has 1 aromatic heterocycles. The first-order valence-corrected chi connectivity index (χ1v) is 10.9. The van der Waals surface area contributed by atoms with Crippen LogP contribution in [0.5, 0.6) is 0 Å². The molecule has 6 nitrogen and oxygen atoms in total. The summed E-state index contributed by atoms with van der Waals surface area (Å²) in [5.74, 6) is 0.0522. The minimum atomic E-state index is -0.201. The van der Waals surface area contributed by atoms with Crippen LogP contribution >= 0.6 is 0 Å². The largest absolute Gasteiger partial charge is 0.347 e. The van der Waals surface area contributed by atoms with Gasteiger partial charge in [-0.3, -0.25) is 9.59 Å². The van der Waals surface area contributed by atoms with Gasteiger partial charge in [-0.2, -0.15) is 0 Å². The van der Waals surface area contributed by atoms with Crippen molar-refractivity contribution < 1.29 is 9.59 Å². The third-order valence-corrected chi connectivity index (χ3v) is 6.05. The fraction of sp³-hybridized carbons (Fsp3) is 0.522. The summed E-state index contributed by atoms with van der Waals surface area (Å²) in [5.41, 5.74) is 3.54. The summed E-state index contributed by atoms with van der Waals surface area (Å²) in [6.45, 7) is 3.25. The van der Waals surface area contributed by atoms with Crippen molar-refractivity contribution in [1.29, 1.82) is 0 Å². The number of hydrogen-bond donors (Lipinski definition) is 2. The maximum Gasteiger partial charge on any atom is 0.287 e. The average molecular weight is 395 g/mol. The van der Waals surface area contributed by atoms with Gasteiger partial charge in [0.25, 0.3) is 11.8 Å². The molecule has 0 unspecified atom stereocenters. The second kappa shape index (κ2) is 8.80. The Hall–Kier alpha value is -2.63. The van der Waals surface area contributed by atoms with Crippen molar-refractivity contribution in [1.82, 2.24) is 20.2 Å². The van der Waals surface area contributed by atoms with Crippen molar-refractivity contribution in [3.63, 3.8) is 0 Å². The topological polar surface area (TPSA) is 76.0 Å². The predicted octanol–water partition coefficient (Wildman–Crippen LogP) is 3.52. The van der Waals surface area contributed by atoms with Gasteiger partial charge < -0.3 is 15.2 Å². The molecule has 29 heavy (non-hydrogen) atoms. The van der Waals surface area contributed by atoms with Crippen molar-refractivity contribution >= 4 is 11.8 Å². The number of nitrogens with zero attached hydrogens (tertiary/aromatic N) is 2. The number of rotatable bonds is 5. The number of hydrogen-bond acceptors (Lipinski definition) is 3. The van der Waals surface area contributed by atoms with Gasteiger partial charge in [-0.15, -0.1) is 0 Å². The molecule has 1 aliphatic carbocycles. The average Bonchev–Trinajstić information content (AvgIpc) is 3.14. The van der Waals surface area contributed by atoms with Gasteiger partial charge in [0.15, 0.2) is 5.82 Å². The number of nitrogens with one attached hydrogen (secondary N) is 2. The van der Waals surface area contributed by atoms with Crippen LogP contribution in [-0.4, -0.2) is 27.4 Å². The van der Waals surface area contributed by atoms with Crippen molar-refractivity contribution in [3.8, 4) is 0 Å². The summed E-state index contributed by atoms with van der Waals surface area (Å²) in [4.78, 5) is 30.3. The number of aromatic nitrogens is 2. The molecule has 1 aromatic carbocycles. The van der Waals surface area contributed by atoms with Crippen LogP contribution in [0.15, 0.2) is 24.3 Å². The van der Waals surface area contributed by atoms with E-state index in [0.29, 0.717) is 18.1 Å². The van der Waals surface area contributed by atoms with E-state index < -0.39 is 0 Å². The summed E-state index contributed by atoms with van der Waals surface area (Å²) < 4.78 is 1.96. The van der Waals surface area contributed by atoms with Crippen LogP contribution in [0.4, 0.5) is 0 Å². The number of benzene rings is 1. The smallest absolute Gasteiger partial charge is 0.287 e. The second-order valence-electron chi connectivity index (χ2n) is 8.32. The number of carbonyl (C=O) groups excluding carboxylic acids is 2. The fourth-order valence-corrected chi connectivity index (χ4v) is 4.37. The maximum atomic E-state index is 12.9. The van der Waals surface area contributed by atoms with Crippen LogP contribution in [0.3, 0.4) is 0 Å². The molecule has 0 bridgehead atoms. The van der Waals surface area contributed by atoms with Gasteiger partial charge in [-0.1, -0.05) is 49.1 Å². The van der Waals surface area contributed by atoms with Gasteiger partial charge in [0.1, 0.15) is 5.69 Å². The molecule has 0 atom stereocenters. The Morgan fingerprint density at radius 3 is 2.55 bits per heavy atom. The fourth-order valence-electron chi connectivity index (χ4n) is 4.37. The normalized spacial score (nSPS) is 16.9. The molecule has 2 heterocycles. The molecule has 2 amide bonds. The van der Waals surface area contributed by atoms with Crippen molar-refractivity contribution in [2.75, 3.05) is 0 Å². The van der Waals surface area contributed by atoms with E-state index >= 15 is 0 Å². The molecule has 1 aliphatic heterocycles. The lowest BCUT2D eigenvalue weighted by Crippen LogP contribution is -2.37. The lowest BCUT2D eigenvalue weighted by molar-refractivity contribution is 0.0911. The van der Waals surface area contributed by atoms with Crippen molar-refractivity contribution in [2.24, 2.45) is 0 Å². The van der Waals surface area contributed by atoms with Crippen LogP contribution in [-0.2, 0) is 19.5 Å². The van der Waals surface area contributed by atoms with Gasteiger partial charge >= 0.3 is 0 Å². The number of fused-ring (bicyclic) bond motifs is 1. The predicted molar refractivity (Wildman–Crippen MR) is 112 cm³/mol. The van der Waals surface area contributed by atoms with E-state index in [9.17, 15) is 9.59 Å². The van der Waals surface area contributed by atoms with Crippen molar-refractivity contribution in [2.45, 2.75) is 77.4 Å². The summed E-state index contributed by atoms with van der Waals surface area (Å²) in [7, 11) is 0. The molecule has 0 spiro atoms. The summed E-state index contributed by atoms with van der Waals surface area (Å²) in [6.07, 6.45) is 8.46. The lowest BCUT2D eigenvalue weighted by atomic mass is 9.95. The summed E-state index contributed by atoms with van der Waals surface area (Å²) in [6, 6.07) is 8.33. The molecular formula is C23H30N4O2. The van der Waals surface area contributed by atoms with E-state index in [2.05, 4.69) is 15.6 Å². The molecule has 0 radical (unpaired) electrons. The number of carbonyl (C=O) groups is 2. The molecule has 6 heteroatoms. The Kier molecular flexibility index (Phi) is 5.97. The Bertz CT molecular complexity index is 879. The van der Waals surface area contributed by atoms with Crippen molar-refractivity contribution in [3.05, 3.63) is 52.6 Å². The zero-order valence-electron chi connectivity index (χ0n) is 17.2. The molecule has 2 N–H and O–H groups in total. The number of aryl methyl sites for hydroxylation is 1. The van der Waals surface area contributed by atoms with E-state index in [-0.39, 0.29) is 17.9 Å². The Morgan fingerprint density at radius 2 is 1.79 bits per heavy atom. The maximum absolute atomic E-state index is 12.9. The molecule has 4 rings (SSSR count). The zero-order valence-corrected chi connectivity index (χ0v) is 17.2. The van der Waals surface area contributed by atoms with Crippen LogP contribution in [0.2, 0.25) is 0 Å². The zero-order chi connectivity index (χ0) is 20.2. The van der Waals surface area contributed by atoms with Crippen LogP contribution in [0.25, 0.3) is 0 Å². The minimum absolute atomic E-state index is 0.141. The van der Waals surface area contributed by atoms with Crippen LogP contribution in [0.1, 0.15) is 82.9 Å². The molecule has 2 aliphatic rings. The number of amides is 2. The monoisotopic (exact) mass is 394 g/mol. The Morgan fingerprint density at radius 1 is 1.03 bits per heavy atom. The summed E-state index contributed by atoms with van der Waals surface area (Å²) in [5, 5.41) is 6.12. The molecular weight excluding hydrogens is 364 g/mol. The molecule has 1 saturated carbocycles.